The number of hydrogen-bond donors (Lipinski definition) is 2. The zero-order chi connectivity index (χ0) is 13.4. The van der Waals surface area contributed by atoms with E-state index < -0.39 is 5.91 Å². The fourth-order valence-corrected chi connectivity index (χ4v) is 2.48. The molecule has 1 heterocycles. The monoisotopic (exact) mass is 363 g/mol. The van der Waals surface area contributed by atoms with Gasteiger partial charge in [0.25, 0.3) is 0 Å². The van der Waals surface area contributed by atoms with Crippen molar-refractivity contribution in [1.29, 1.82) is 0 Å². The second-order valence-electron chi connectivity index (χ2n) is 4.19. The second kappa shape index (κ2) is 4.65. The first kappa shape index (κ1) is 12.2. The van der Waals surface area contributed by atoms with Crippen molar-refractivity contribution in [2.45, 2.75) is 0 Å². The average Bonchev–Trinajstić information content (AvgIpc) is 2.81. The third kappa shape index (κ3) is 2.33. The maximum atomic E-state index is 11.2. The van der Waals surface area contributed by atoms with Crippen molar-refractivity contribution in [3.05, 3.63) is 51.6 Å². The van der Waals surface area contributed by atoms with Crippen LogP contribution in [0.5, 0.6) is 0 Å². The molecule has 5 heteroatoms. The Morgan fingerprint density at radius 2 is 2.05 bits per heavy atom. The topological polar surface area (TPSA) is 71.8 Å². The Bertz CT molecular complexity index is 779. The summed E-state index contributed by atoms with van der Waals surface area (Å²) in [6.45, 7) is 0. The maximum Gasteiger partial charge on any atom is 0.248 e. The van der Waals surface area contributed by atoms with Crippen molar-refractivity contribution in [3.63, 3.8) is 0 Å². The predicted octanol–water partition coefficient (Wildman–Crippen LogP) is 2.93. The van der Waals surface area contributed by atoms with Crippen LogP contribution in [-0.2, 0) is 0 Å². The van der Waals surface area contributed by atoms with Crippen LogP contribution in [0.2, 0.25) is 0 Å². The summed E-state index contributed by atoms with van der Waals surface area (Å²) in [5, 5.41) is 0. The van der Waals surface area contributed by atoms with Gasteiger partial charge in [-0.15, -0.1) is 0 Å². The van der Waals surface area contributed by atoms with E-state index in [0.29, 0.717) is 5.56 Å². The smallest absolute Gasteiger partial charge is 0.248 e. The van der Waals surface area contributed by atoms with Crippen LogP contribution in [0.25, 0.3) is 22.4 Å². The molecule has 1 aromatic heterocycles. The Balaban J connectivity index is 2.14. The van der Waals surface area contributed by atoms with E-state index in [-0.39, 0.29) is 0 Å². The van der Waals surface area contributed by atoms with Gasteiger partial charge in [-0.05, 0) is 52.9 Å². The highest BCUT2D eigenvalue weighted by Gasteiger charge is 2.08. The molecule has 0 atom stereocenters. The standard InChI is InChI=1S/C14H10IN3O/c15-10-3-1-2-9(6-10)14-17-11-5-4-8(13(16)19)7-12(11)18-14/h1-7H,(H2,16,19)(H,17,18). The lowest BCUT2D eigenvalue weighted by atomic mass is 10.2. The highest BCUT2D eigenvalue weighted by atomic mass is 127. The van der Waals surface area contributed by atoms with E-state index in [4.69, 9.17) is 5.73 Å². The van der Waals surface area contributed by atoms with Crippen LogP contribution >= 0.6 is 22.6 Å². The number of fused-ring (bicyclic) bond motifs is 1. The zero-order valence-electron chi connectivity index (χ0n) is 9.85. The molecule has 3 rings (SSSR count). The van der Waals surface area contributed by atoms with Gasteiger partial charge in [0.2, 0.25) is 5.91 Å². The van der Waals surface area contributed by atoms with Crippen molar-refractivity contribution in [2.75, 3.05) is 0 Å². The Morgan fingerprint density at radius 1 is 1.21 bits per heavy atom. The van der Waals surface area contributed by atoms with Crippen LogP contribution in [0.3, 0.4) is 0 Å². The quantitative estimate of drug-likeness (QED) is 0.688. The first-order valence-corrected chi connectivity index (χ1v) is 6.77. The number of rotatable bonds is 2. The molecule has 94 valence electrons. The molecular weight excluding hydrogens is 353 g/mol. The summed E-state index contributed by atoms with van der Waals surface area (Å²) < 4.78 is 1.15. The molecule has 0 saturated carbocycles. The molecule has 1 amide bonds. The summed E-state index contributed by atoms with van der Waals surface area (Å²) in [5.74, 6) is 0.349. The van der Waals surface area contributed by atoms with E-state index in [9.17, 15) is 4.79 Å². The molecule has 0 spiro atoms. The molecule has 0 saturated heterocycles. The first-order valence-electron chi connectivity index (χ1n) is 5.69. The zero-order valence-corrected chi connectivity index (χ0v) is 12.0. The number of H-pyrrole nitrogens is 1. The SMILES string of the molecule is NC(=O)c1ccc2nc(-c3cccc(I)c3)[nH]c2c1. The number of nitrogens with zero attached hydrogens (tertiary/aromatic N) is 1. The van der Waals surface area contributed by atoms with E-state index in [1.807, 2.05) is 24.3 Å². The van der Waals surface area contributed by atoms with Gasteiger partial charge in [-0.25, -0.2) is 4.98 Å². The van der Waals surface area contributed by atoms with Crippen molar-refractivity contribution in [2.24, 2.45) is 5.73 Å². The van der Waals surface area contributed by atoms with Gasteiger partial charge >= 0.3 is 0 Å². The van der Waals surface area contributed by atoms with Crippen molar-refractivity contribution >= 4 is 39.5 Å². The number of imidazole rings is 1. The number of primary amides is 1. The minimum atomic E-state index is -0.438. The number of amides is 1. The molecule has 0 radical (unpaired) electrons. The number of aromatic nitrogens is 2. The molecule has 0 aliphatic rings. The number of aromatic amines is 1. The molecule has 0 aliphatic heterocycles. The number of halogens is 1. The summed E-state index contributed by atoms with van der Waals surface area (Å²) in [4.78, 5) is 18.9. The summed E-state index contributed by atoms with van der Waals surface area (Å²) in [5.41, 5.74) is 8.39. The Morgan fingerprint density at radius 3 is 2.79 bits per heavy atom. The van der Waals surface area contributed by atoms with Crippen LogP contribution in [-0.4, -0.2) is 15.9 Å². The molecule has 0 aliphatic carbocycles. The average molecular weight is 363 g/mol. The van der Waals surface area contributed by atoms with Crippen molar-refractivity contribution in [1.82, 2.24) is 9.97 Å². The molecule has 0 bridgehead atoms. The number of carbonyl (C=O) groups is 1. The molecule has 19 heavy (non-hydrogen) atoms. The summed E-state index contributed by atoms with van der Waals surface area (Å²) in [7, 11) is 0. The van der Waals surface area contributed by atoms with Crippen molar-refractivity contribution in [3.8, 4) is 11.4 Å². The lowest BCUT2D eigenvalue weighted by Gasteiger charge is -1.96. The number of benzene rings is 2. The molecule has 0 unspecified atom stereocenters. The number of nitrogens with one attached hydrogen (secondary N) is 1. The molecule has 3 aromatic rings. The van der Waals surface area contributed by atoms with Gasteiger partial charge in [-0.2, -0.15) is 0 Å². The largest absolute Gasteiger partial charge is 0.366 e. The van der Waals surface area contributed by atoms with E-state index in [0.717, 1.165) is 26.0 Å². The lowest BCUT2D eigenvalue weighted by molar-refractivity contribution is 0.100. The fraction of sp³-hybridized carbons (Fsp3) is 0. The number of carbonyl (C=O) groups excluding carboxylic acids is 1. The van der Waals surface area contributed by atoms with E-state index in [1.165, 1.54) is 0 Å². The normalized spacial score (nSPS) is 10.8. The number of nitrogens with two attached hydrogens (primary N) is 1. The fourth-order valence-electron chi connectivity index (χ4n) is 1.94. The Hall–Kier alpha value is -1.89. The minimum absolute atomic E-state index is 0.438. The predicted molar refractivity (Wildman–Crippen MR) is 82.8 cm³/mol. The van der Waals surface area contributed by atoms with Gasteiger partial charge < -0.3 is 10.7 Å². The van der Waals surface area contributed by atoms with E-state index in [1.54, 1.807) is 18.2 Å². The third-order valence-electron chi connectivity index (χ3n) is 2.86. The Kier molecular flexibility index (Phi) is 2.98. The summed E-state index contributed by atoms with van der Waals surface area (Å²) >= 11 is 2.26. The highest BCUT2D eigenvalue weighted by Crippen LogP contribution is 2.22. The van der Waals surface area contributed by atoms with Gasteiger partial charge in [0.05, 0.1) is 11.0 Å². The van der Waals surface area contributed by atoms with E-state index >= 15 is 0 Å². The molecule has 2 aromatic carbocycles. The lowest BCUT2D eigenvalue weighted by Crippen LogP contribution is -2.10. The van der Waals surface area contributed by atoms with Gasteiger partial charge in [0.1, 0.15) is 5.82 Å². The molecule has 3 N–H and O–H groups in total. The van der Waals surface area contributed by atoms with Gasteiger partial charge in [0.15, 0.2) is 0 Å². The van der Waals surface area contributed by atoms with Crippen LogP contribution < -0.4 is 5.73 Å². The Labute approximate surface area is 123 Å². The molecule has 0 fully saturated rings. The van der Waals surface area contributed by atoms with Crippen molar-refractivity contribution < 1.29 is 4.79 Å². The third-order valence-corrected chi connectivity index (χ3v) is 3.54. The van der Waals surface area contributed by atoms with E-state index in [2.05, 4.69) is 32.6 Å². The summed E-state index contributed by atoms with van der Waals surface area (Å²) in [6, 6.07) is 13.3. The first-order chi connectivity index (χ1) is 9.13. The van der Waals surface area contributed by atoms with Crippen LogP contribution in [0.1, 0.15) is 10.4 Å². The summed E-state index contributed by atoms with van der Waals surface area (Å²) in [6.07, 6.45) is 0. The van der Waals surface area contributed by atoms with Gasteiger partial charge in [-0.3, -0.25) is 4.79 Å². The molecular formula is C14H10IN3O. The van der Waals surface area contributed by atoms with Crippen LogP contribution in [0.15, 0.2) is 42.5 Å². The minimum Gasteiger partial charge on any atom is -0.366 e. The highest BCUT2D eigenvalue weighted by molar-refractivity contribution is 14.1. The second-order valence-corrected chi connectivity index (χ2v) is 5.44. The van der Waals surface area contributed by atoms with Crippen LogP contribution in [0.4, 0.5) is 0 Å². The van der Waals surface area contributed by atoms with Gasteiger partial charge in [-0.1, -0.05) is 12.1 Å². The maximum absolute atomic E-state index is 11.2. The van der Waals surface area contributed by atoms with Gasteiger partial charge in [0, 0.05) is 14.7 Å². The number of hydrogen-bond acceptors (Lipinski definition) is 2. The molecule has 4 nitrogen and oxygen atoms in total. The van der Waals surface area contributed by atoms with Crippen LogP contribution in [0, 0.1) is 3.57 Å².